The molecule has 1 heterocycles. The van der Waals surface area contributed by atoms with E-state index >= 15 is 0 Å². The molecule has 14 heavy (non-hydrogen) atoms. The van der Waals surface area contributed by atoms with Gasteiger partial charge in [-0.15, -0.1) is 6.42 Å². The summed E-state index contributed by atoms with van der Waals surface area (Å²) in [7, 11) is 0. The minimum absolute atomic E-state index is 0.0996. The molecule has 1 fully saturated rings. The highest BCUT2D eigenvalue weighted by molar-refractivity contribution is 5.79. The van der Waals surface area contributed by atoms with Gasteiger partial charge in [-0.25, -0.2) is 0 Å². The van der Waals surface area contributed by atoms with Gasteiger partial charge in [-0.1, -0.05) is 12.8 Å². The van der Waals surface area contributed by atoms with Crippen molar-refractivity contribution >= 4 is 5.91 Å². The van der Waals surface area contributed by atoms with Crippen molar-refractivity contribution in [2.45, 2.75) is 32.2 Å². The second kappa shape index (κ2) is 5.66. The van der Waals surface area contributed by atoms with Crippen LogP contribution in [0.4, 0.5) is 0 Å². The molecule has 3 nitrogen and oxygen atoms in total. The summed E-state index contributed by atoms with van der Waals surface area (Å²) < 4.78 is 0. The summed E-state index contributed by atoms with van der Waals surface area (Å²) in [6.45, 7) is 3.85. The molecule has 0 aromatic carbocycles. The standard InChI is InChI=1S/C11H18N2O/c1-3-10(4-2)13-11(14)9-5-7-12-8-6-9/h1,9-10,12H,4-8H2,2H3,(H,13,14). The second-order valence-corrected chi connectivity index (χ2v) is 3.66. The topological polar surface area (TPSA) is 41.1 Å². The van der Waals surface area contributed by atoms with E-state index in [1.165, 1.54) is 0 Å². The highest BCUT2D eigenvalue weighted by Crippen LogP contribution is 2.11. The fourth-order valence-electron chi connectivity index (χ4n) is 1.64. The maximum atomic E-state index is 11.7. The molecule has 0 saturated carbocycles. The molecule has 1 rings (SSSR count). The zero-order chi connectivity index (χ0) is 10.4. The lowest BCUT2D eigenvalue weighted by Crippen LogP contribution is -2.41. The monoisotopic (exact) mass is 194 g/mol. The van der Waals surface area contributed by atoms with Gasteiger partial charge in [0, 0.05) is 5.92 Å². The molecular weight excluding hydrogens is 176 g/mol. The van der Waals surface area contributed by atoms with Crippen LogP contribution in [0.15, 0.2) is 0 Å². The van der Waals surface area contributed by atoms with Gasteiger partial charge in [-0.2, -0.15) is 0 Å². The maximum Gasteiger partial charge on any atom is 0.224 e. The van der Waals surface area contributed by atoms with E-state index in [0.717, 1.165) is 32.4 Å². The molecule has 1 amide bonds. The van der Waals surface area contributed by atoms with Crippen LogP contribution in [0.25, 0.3) is 0 Å². The Kier molecular flexibility index (Phi) is 4.48. The number of terminal acetylenes is 1. The highest BCUT2D eigenvalue weighted by atomic mass is 16.1. The van der Waals surface area contributed by atoms with Gasteiger partial charge < -0.3 is 10.6 Å². The lowest BCUT2D eigenvalue weighted by Gasteiger charge is -2.23. The SMILES string of the molecule is C#CC(CC)NC(=O)C1CCNCC1. The van der Waals surface area contributed by atoms with Crippen molar-refractivity contribution in [3.8, 4) is 12.3 Å². The Morgan fingerprint density at radius 1 is 1.64 bits per heavy atom. The van der Waals surface area contributed by atoms with Crippen molar-refractivity contribution in [1.82, 2.24) is 10.6 Å². The highest BCUT2D eigenvalue weighted by Gasteiger charge is 2.21. The van der Waals surface area contributed by atoms with E-state index in [1.807, 2.05) is 6.92 Å². The molecule has 78 valence electrons. The second-order valence-electron chi connectivity index (χ2n) is 3.66. The summed E-state index contributed by atoms with van der Waals surface area (Å²) in [4.78, 5) is 11.7. The fraction of sp³-hybridized carbons (Fsp3) is 0.727. The van der Waals surface area contributed by atoms with Crippen LogP contribution in [0.3, 0.4) is 0 Å². The van der Waals surface area contributed by atoms with Crippen LogP contribution < -0.4 is 10.6 Å². The molecule has 3 heteroatoms. The van der Waals surface area contributed by atoms with Crippen LogP contribution >= 0.6 is 0 Å². The zero-order valence-electron chi connectivity index (χ0n) is 8.68. The van der Waals surface area contributed by atoms with Gasteiger partial charge in [0.25, 0.3) is 0 Å². The summed E-state index contributed by atoms with van der Waals surface area (Å²) in [5.41, 5.74) is 0. The normalized spacial score (nSPS) is 19.7. The van der Waals surface area contributed by atoms with Crippen molar-refractivity contribution < 1.29 is 4.79 Å². The Labute approximate surface area is 85.6 Å². The molecule has 0 aliphatic carbocycles. The number of amides is 1. The van der Waals surface area contributed by atoms with Crippen molar-refractivity contribution in [2.24, 2.45) is 5.92 Å². The number of nitrogens with one attached hydrogen (secondary N) is 2. The van der Waals surface area contributed by atoms with Crippen molar-refractivity contribution in [3.05, 3.63) is 0 Å². The molecule has 0 spiro atoms. The van der Waals surface area contributed by atoms with Gasteiger partial charge in [0.1, 0.15) is 0 Å². The van der Waals surface area contributed by atoms with Gasteiger partial charge in [0.15, 0.2) is 0 Å². The molecule has 1 atom stereocenters. The number of carbonyl (C=O) groups is 1. The third-order valence-corrected chi connectivity index (χ3v) is 2.64. The number of hydrogen-bond donors (Lipinski definition) is 2. The average Bonchev–Trinajstić information content (AvgIpc) is 2.26. The largest absolute Gasteiger partial charge is 0.342 e. The van der Waals surface area contributed by atoms with Crippen molar-refractivity contribution in [1.29, 1.82) is 0 Å². The first kappa shape index (κ1) is 11.1. The van der Waals surface area contributed by atoms with E-state index < -0.39 is 0 Å². The van der Waals surface area contributed by atoms with Crippen LogP contribution in [0.5, 0.6) is 0 Å². The van der Waals surface area contributed by atoms with Gasteiger partial charge in [0.2, 0.25) is 5.91 Å². The van der Waals surface area contributed by atoms with E-state index in [4.69, 9.17) is 6.42 Å². The molecule has 1 saturated heterocycles. The molecule has 1 aliphatic heterocycles. The Morgan fingerprint density at radius 3 is 2.79 bits per heavy atom. The Morgan fingerprint density at radius 2 is 2.29 bits per heavy atom. The summed E-state index contributed by atoms with van der Waals surface area (Å²) >= 11 is 0. The summed E-state index contributed by atoms with van der Waals surface area (Å²) in [5, 5.41) is 6.11. The predicted octanol–water partition coefficient (Wildman–Crippen LogP) is 0.514. The molecular formula is C11H18N2O. The average molecular weight is 194 g/mol. The molecule has 0 bridgehead atoms. The van der Waals surface area contributed by atoms with Crippen molar-refractivity contribution in [2.75, 3.05) is 13.1 Å². The van der Waals surface area contributed by atoms with E-state index in [9.17, 15) is 4.79 Å². The first-order valence-electron chi connectivity index (χ1n) is 5.25. The first-order chi connectivity index (χ1) is 6.77. The minimum atomic E-state index is -0.0996. The van der Waals surface area contributed by atoms with Crippen LogP contribution in [-0.4, -0.2) is 25.0 Å². The van der Waals surface area contributed by atoms with Crippen molar-refractivity contribution in [3.63, 3.8) is 0 Å². The fourth-order valence-corrected chi connectivity index (χ4v) is 1.64. The number of carbonyl (C=O) groups excluding carboxylic acids is 1. The van der Waals surface area contributed by atoms with E-state index in [1.54, 1.807) is 0 Å². The van der Waals surface area contributed by atoms with Gasteiger partial charge in [-0.3, -0.25) is 4.79 Å². The molecule has 2 N–H and O–H groups in total. The number of hydrogen-bond acceptors (Lipinski definition) is 2. The first-order valence-corrected chi connectivity index (χ1v) is 5.25. The molecule has 0 aromatic rings. The summed E-state index contributed by atoms with van der Waals surface area (Å²) in [5.74, 6) is 2.85. The lowest BCUT2D eigenvalue weighted by molar-refractivity contribution is -0.126. The summed E-state index contributed by atoms with van der Waals surface area (Å²) in [6, 6.07) is -0.0996. The van der Waals surface area contributed by atoms with Crippen LogP contribution in [0.1, 0.15) is 26.2 Å². The minimum Gasteiger partial charge on any atom is -0.342 e. The maximum absolute atomic E-state index is 11.7. The Bertz CT molecular complexity index is 226. The van der Waals surface area contributed by atoms with Gasteiger partial charge in [-0.05, 0) is 32.4 Å². The smallest absolute Gasteiger partial charge is 0.224 e. The Balaban J connectivity index is 2.36. The Hall–Kier alpha value is -1.01. The van der Waals surface area contributed by atoms with Crippen LogP contribution in [0.2, 0.25) is 0 Å². The van der Waals surface area contributed by atoms with Crippen LogP contribution in [-0.2, 0) is 4.79 Å². The lowest BCUT2D eigenvalue weighted by atomic mass is 9.97. The number of piperidine rings is 1. The summed E-state index contributed by atoms with van der Waals surface area (Å²) in [6.07, 6.45) is 7.93. The zero-order valence-corrected chi connectivity index (χ0v) is 8.68. The van der Waals surface area contributed by atoms with E-state index in [-0.39, 0.29) is 17.9 Å². The van der Waals surface area contributed by atoms with E-state index in [0.29, 0.717) is 0 Å². The van der Waals surface area contributed by atoms with E-state index in [2.05, 4.69) is 16.6 Å². The molecule has 0 aromatic heterocycles. The third kappa shape index (κ3) is 3.04. The third-order valence-electron chi connectivity index (χ3n) is 2.64. The van der Waals surface area contributed by atoms with Crippen LogP contribution in [0, 0.1) is 18.3 Å². The molecule has 1 aliphatic rings. The molecule has 0 radical (unpaired) electrons. The quantitative estimate of drug-likeness (QED) is 0.643. The van der Waals surface area contributed by atoms with Gasteiger partial charge in [0.05, 0.1) is 6.04 Å². The number of rotatable bonds is 3. The molecule has 1 unspecified atom stereocenters. The predicted molar refractivity (Wildman–Crippen MR) is 56.6 cm³/mol. The van der Waals surface area contributed by atoms with Gasteiger partial charge >= 0.3 is 0 Å².